The summed E-state index contributed by atoms with van der Waals surface area (Å²) in [6.07, 6.45) is 1.58. The maximum absolute atomic E-state index is 13.0. The molecule has 2 aromatic carbocycles. The Bertz CT molecular complexity index is 1200. The maximum Gasteiger partial charge on any atom is 0.221 e. The molecular formula is C23H19N3O3S. The first-order valence-corrected chi connectivity index (χ1v) is 10.3. The Hall–Kier alpha value is -3.45. The topological polar surface area (TPSA) is 85.1 Å². The Morgan fingerprint density at radius 1 is 1.00 bits per heavy atom. The fraction of sp³-hybridized carbons (Fsp3) is 0.130. The van der Waals surface area contributed by atoms with Crippen LogP contribution in [0, 0.1) is 0 Å². The van der Waals surface area contributed by atoms with Crippen LogP contribution in [0.15, 0.2) is 76.4 Å². The van der Waals surface area contributed by atoms with Crippen molar-refractivity contribution in [3.8, 4) is 11.6 Å². The molecular weight excluding hydrogens is 398 g/mol. The van der Waals surface area contributed by atoms with Crippen molar-refractivity contribution >= 4 is 40.0 Å². The maximum atomic E-state index is 13.0. The predicted octanol–water partition coefficient (Wildman–Crippen LogP) is 5.21. The minimum absolute atomic E-state index is 0.0170. The molecule has 0 aliphatic heterocycles. The molecule has 0 unspecified atom stereocenters. The summed E-state index contributed by atoms with van der Waals surface area (Å²) in [5, 5.41) is 3.95. The number of benzene rings is 2. The van der Waals surface area contributed by atoms with Gasteiger partial charge < -0.3 is 9.73 Å². The molecule has 0 aliphatic carbocycles. The molecule has 0 saturated heterocycles. The Balaban J connectivity index is 1.61. The highest BCUT2D eigenvalue weighted by Gasteiger charge is 2.20. The molecule has 7 heteroatoms. The third-order valence-corrected chi connectivity index (χ3v) is 5.56. The quantitative estimate of drug-likeness (QED) is 0.263. The Labute approximate surface area is 177 Å². The summed E-state index contributed by atoms with van der Waals surface area (Å²) in [7, 11) is 0. The monoisotopic (exact) mass is 417 g/mol. The van der Waals surface area contributed by atoms with Crippen molar-refractivity contribution in [1.82, 2.24) is 9.97 Å². The van der Waals surface area contributed by atoms with Crippen molar-refractivity contribution in [3.05, 3.63) is 72.5 Å². The number of furan rings is 1. The lowest BCUT2D eigenvalue weighted by atomic mass is 10.1. The highest BCUT2D eigenvalue weighted by atomic mass is 32.2. The average molecular weight is 417 g/mol. The number of amides is 1. The molecule has 6 nitrogen and oxygen atoms in total. The van der Waals surface area contributed by atoms with Crippen molar-refractivity contribution in [1.29, 1.82) is 0 Å². The lowest BCUT2D eigenvalue weighted by Crippen LogP contribution is -2.14. The molecule has 0 fully saturated rings. The summed E-state index contributed by atoms with van der Waals surface area (Å²) in [5.74, 6) is 0.897. The van der Waals surface area contributed by atoms with Gasteiger partial charge in [0.05, 0.1) is 17.0 Å². The molecule has 1 N–H and O–H groups in total. The Kier molecular flexibility index (Phi) is 5.63. The smallest absolute Gasteiger partial charge is 0.221 e. The first-order valence-electron chi connectivity index (χ1n) is 9.40. The van der Waals surface area contributed by atoms with Crippen LogP contribution in [-0.2, 0) is 4.79 Å². The van der Waals surface area contributed by atoms with Crippen LogP contribution in [0.3, 0.4) is 0 Å². The number of hydrogen-bond acceptors (Lipinski definition) is 6. The molecule has 4 rings (SSSR count). The van der Waals surface area contributed by atoms with E-state index in [9.17, 15) is 9.59 Å². The summed E-state index contributed by atoms with van der Waals surface area (Å²) in [6, 6.07) is 18.2. The van der Waals surface area contributed by atoms with Gasteiger partial charge in [-0.25, -0.2) is 9.97 Å². The van der Waals surface area contributed by atoms with Crippen LogP contribution in [0.25, 0.3) is 22.5 Å². The minimum Gasteiger partial charge on any atom is -0.461 e. The highest BCUT2D eigenvalue weighted by Crippen LogP contribution is 2.32. The number of aromatic nitrogens is 2. The zero-order valence-electron chi connectivity index (χ0n) is 16.5. The lowest BCUT2D eigenvalue weighted by molar-refractivity contribution is -0.114. The molecule has 0 bridgehead atoms. The van der Waals surface area contributed by atoms with Gasteiger partial charge in [-0.2, -0.15) is 0 Å². The van der Waals surface area contributed by atoms with Crippen LogP contribution in [0.4, 0.5) is 5.69 Å². The van der Waals surface area contributed by atoms with Crippen molar-refractivity contribution in [2.45, 2.75) is 24.1 Å². The molecule has 0 aliphatic rings. The zero-order chi connectivity index (χ0) is 21.1. The normalized spacial score (nSPS) is 11.9. The molecule has 2 heterocycles. The van der Waals surface area contributed by atoms with Gasteiger partial charge in [0.25, 0.3) is 0 Å². The van der Waals surface area contributed by atoms with Gasteiger partial charge in [0, 0.05) is 23.6 Å². The van der Waals surface area contributed by atoms with Crippen molar-refractivity contribution in [2.24, 2.45) is 0 Å². The lowest BCUT2D eigenvalue weighted by Gasteiger charge is -2.13. The number of fused-ring (bicyclic) bond motifs is 1. The fourth-order valence-electron chi connectivity index (χ4n) is 3.03. The molecule has 1 amide bonds. The van der Waals surface area contributed by atoms with Gasteiger partial charge in [-0.1, -0.05) is 30.0 Å². The van der Waals surface area contributed by atoms with E-state index in [-0.39, 0.29) is 16.9 Å². The molecule has 30 heavy (non-hydrogen) atoms. The number of carbonyl (C=O) groups excluding carboxylic acids is 2. The van der Waals surface area contributed by atoms with Crippen molar-refractivity contribution in [2.75, 3.05) is 5.32 Å². The molecule has 2 aromatic heterocycles. The van der Waals surface area contributed by atoms with Crippen LogP contribution in [-0.4, -0.2) is 26.9 Å². The molecule has 150 valence electrons. The summed E-state index contributed by atoms with van der Waals surface area (Å²) >= 11 is 1.39. The van der Waals surface area contributed by atoms with Gasteiger partial charge in [0.2, 0.25) is 5.91 Å². The van der Waals surface area contributed by atoms with Gasteiger partial charge in [-0.05, 0) is 49.4 Å². The largest absolute Gasteiger partial charge is 0.461 e. The van der Waals surface area contributed by atoms with Crippen molar-refractivity contribution < 1.29 is 14.0 Å². The number of nitrogens with one attached hydrogen (secondary N) is 1. The standard InChI is InChI=1S/C23H19N3O3S/c1-14(21(28)16-9-11-17(12-10-16)24-15(2)27)30-23-18-6-3-4-7-19(18)25-22(26-23)20-8-5-13-29-20/h3-14H,1-2H3,(H,24,27)/t14-/m0/s1. The summed E-state index contributed by atoms with van der Waals surface area (Å²) in [5.41, 5.74) is 2.03. The van der Waals surface area contributed by atoms with E-state index in [4.69, 9.17) is 4.42 Å². The summed E-state index contributed by atoms with van der Waals surface area (Å²) in [6.45, 7) is 3.30. The van der Waals surface area contributed by atoms with E-state index in [1.54, 1.807) is 36.6 Å². The molecule has 1 atom stereocenters. The van der Waals surface area contributed by atoms with Crippen LogP contribution in [0.5, 0.6) is 0 Å². The molecule has 0 radical (unpaired) electrons. The van der Waals surface area contributed by atoms with E-state index in [2.05, 4.69) is 15.3 Å². The number of carbonyl (C=O) groups is 2. The number of para-hydroxylation sites is 1. The SMILES string of the molecule is CC(=O)Nc1ccc(C(=O)[C@H](C)Sc2nc(-c3ccco3)nc3ccccc23)cc1. The van der Waals surface area contributed by atoms with E-state index in [1.165, 1.54) is 18.7 Å². The van der Waals surface area contributed by atoms with Gasteiger partial charge in [0.1, 0.15) is 5.03 Å². The number of hydrogen-bond donors (Lipinski definition) is 1. The third kappa shape index (κ3) is 4.26. The van der Waals surface area contributed by atoms with Crippen LogP contribution < -0.4 is 5.32 Å². The van der Waals surface area contributed by atoms with Crippen LogP contribution in [0.2, 0.25) is 0 Å². The second-order valence-corrected chi connectivity index (χ2v) is 8.06. The zero-order valence-corrected chi connectivity index (χ0v) is 17.3. The number of rotatable bonds is 6. The van der Waals surface area contributed by atoms with E-state index < -0.39 is 0 Å². The van der Waals surface area contributed by atoms with Crippen LogP contribution >= 0.6 is 11.8 Å². The first kappa shape index (κ1) is 19.8. The Morgan fingerprint density at radius 3 is 2.47 bits per heavy atom. The molecule has 0 spiro atoms. The second kappa shape index (κ2) is 8.51. The average Bonchev–Trinajstić information content (AvgIpc) is 3.28. The molecule has 4 aromatic rings. The van der Waals surface area contributed by atoms with Gasteiger partial charge in [0.15, 0.2) is 17.4 Å². The second-order valence-electron chi connectivity index (χ2n) is 6.73. The summed E-state index contributed by atoms with van der Waals surface area (Å²) in [4.78, 5) is 33.4. The van der Waals surface area contributed by atoms with Crippen molar-refractivity contribution in [3.63, 3.8) is 0 Å². The van der Waals surface area contributed by atoms with Gasteiger partial charge in [-0.3, -0.25) is 9.59 Å². The number of nitrogens with zero attached hydrogens (tertiary/aromatic N) is 2. The number of ketones is 1. The van der Waals surface area contributed by atoms with Gasteiger partial charge >= 0.3 is 0 Å². The summed E-state index contributed by atoms with van der Waals surface area (Å²) < 4.78 is 5.45. The number of Topliss-reactive ketones (excluding diaryl/α,β-unsaturated/α-hetero) is 1. The Morgan fingerprint density at radius 2 is 1.77 bits per heavy atom. The third-order valence-electron chi connectivity index (χ3n) is 4.46. The number of thioether (sulfide) groups is 1. The first-order chi connectivity index (χ1) is 14.5. The van der Waals surface area contributed by atoms with Crippen LogP contribution in [0.1, 0.15) is 24.2 Å². The van der Waals surface area contributed by atoms with E-state index in [1.807, 2.05) is 37.3 Å². The molecule has 0 saturated carbocycles. The predicted molar refractivity (Wildman–Crippen MR) is 118 cm³/mol. The van der Waals surface area contributed by atoms with E-state index in [0.717, 1.165) is 15.9 Å². The highest BCUT2D eigenvalue weighted by molar-refractivity contribution is 8.00. The minimum atomic E-state index is -0.362. The fourth-order valence-corrected chi connectivity index (χ4v) is 4.05. The number of anilines is 1. The van der Waals surface area contributed by atoms with Gasteiger partial charge in [-0.15, -0.1) is 0 Å². The van der Waals surface area contributed by atoms with E-state index >= 15 is 0 Å². The van der Waals surface area contributed by atoms with E-state index in [0.29, 0.717) is 22.8 Å².